The van der Waals surface area contributed by atoms with Crippen LogP contribution in [-0.2, 0) is 19.3 Å². The summed E-state index contributed by atoms with van der Waals surface area (Å²) >= 11 is 0. The summed E-state index contributed by atoms with van der Waals surface area (Å²) < 4.78 is 0. The van der Waals surface area contributed by atoms with Crippen LogP contribution in [0, 0.1) is 0 Å². The molecular weight excluding hydrogens is 673 g/mol. The minimum atomic E-state index is 0.0919. The molecule has 9 aromatic rings. The van der Waals surface area contributed by atoms with Gasteiger partial charge in [0, 0.05) is 5.92 Å². The van der Waals surface area contributed by atoms with E-state index in [-0.39, 0.29) is 5.92 Å². The van der Waals surface area contributed by atoms with Gasteiger partial charge in [-0.25, -0.2) is 0 Å². The summed E-state index contributed by atoms with van der Waals surface area (Å²) in [6.07, 6.45) is 2.88. The zero-order valence-corrected chi connectivity index (χ0v) is 31.1. The fourth-order valence-corrected chi connectivity index (χ4v) is 10.4. The van der Waals surface area contributed by atoms with E-state index in [1.807, 2.05) is 0 Å². The van der Waals surface area contributed by atoms with Gasteiger partial charge in [-0.05, 0) is 148 Å². The molecule has 0 nitrogen and oxygen atoms in total. The van der Waals surface area contributed by atoms with E-state index in [0.717, 1.165) is 19.3 Å². The molecular formula is C56H38. The summed E-state index contributed by atoms with van der Waals surface area (Å²) in [4.78, 5) is 0. The van der Waals surface area contributed by atoms with Gasteiger partial charge in [0.15, 0.2) is 0 Å². The zero-order valence-electron chi connectivity index (χ0n) is 31.1. The summed E-state index contributed by atoms with van der Waals surface area (Å²) in [5.41, 5.74) is 26.3. The van der Waals surface area contributed by atoms with E-state index in [1.54, 1.807) is 0 Å². The normalized spacial score (nSPS) is 13.4. The lowest BCUT2D eigenvalue weighted by atomic mass is 9.80. The van der Waals surface area contributed by atoms with Crippen LogP contribution in [0.1, 0.15) is 56.0 Å². The molecule has 262 valence electrons. The number of hydrogen-bond donors (Lipinski definition) is 0. The molecule has 0 spiro atoms. The first kappa shape index (κ1) is 31.6. The highest BCUT2D eigenvalue weighted by Crippen LogP contribution is 2.51. The molecule has 0 saturated heterocycles. The maximum absolute atomic E-state index is 2.54. The SMILES string of the molecule is c1ccc(-c2ccc(C(c3ccc4c(c3)-c3cc5ccccc5c(-c5cccc6c5Cc5ccccc5-6)c3C4)c3cccc4c3Cc3ccccc3-4)cc2)cc1. The predicted molar refractivity (Wildman–Crippen MR) is 233 cm³/mol. The Balaban J connectivity index is 1.04. The smallest absolute Gasteiger partial charge is 0.0343 e. The molecule has 0 radical (unpaired) electrons. The fourth-order valence-electron chi connectivity index (χ4n) is 10.4. The van der Waals surface area contributed by atoms with Crippen LogP contribution in [-0.4, -0.2) is 0 Å². The maximum atomic E-state index is 2.54. The monoisotopic (exact) mass is 710 g/mol. The van der Waals surface area contributed by atoms with Crippen LogP contribution < -0.4 is 0 Å². The molecule has 9 aromatic carbocycles. The van der Waals surface area contributed by atoms with Crippen molar-refractivity contribution >= 4 is 10.8 Å². The predicted octanol–water partition coefficient (Wildman–Crippen LogP) is 14.1. The lowest BCUT2D eigenvalue weighted by Gasteiger charge is -2.23. The van der Waals surface area contributed by atoms with Gasteiger partial charge in [-0.3, -0.25) is 0 Å². The number of rotatable bonds is 5. The van der Waals surface area contributed by atoms with Gasteiger partial charge < -0.3 is 0 Å². The fraction of sp³-hybridized carbons (Fsp3) is 0.0714. The molecule has 1 atom stereocenters. The van der Waals surface area contributed by atoms with E-state index in [2.05, 4.69) is 188 Å². The quantitative estimate of drug-likeness (QED) is 0.156. The van der Waals surface area contributed by atoms with Crippen molar-refractivity contribution in [3.63, 3.8) is 0 Å². The Morgan fingerprint density at radius 1 is 0.321 bits per heavy atom. The Morgan fingerprint density at radius 3 is 1.70 bits per heavy atom. The summed E-state index contributed by atoms with van der Waals surface area (Å²) in [5.74, 6) is 0.0919. The van der Waals surface area contributed by atoms with Crippen molar-refractivity contribution in [1.29, 1.82) is 0 Å². The molecule has 0 heterocycles. The number of benzene rings is 9. The highest BCUT2D eigenvalue weighted by atomic mass is 14.3. The average molecular weight is 711 g/mol. The summed E-state index contributed by atoms with van der Waals surface area (Å²) in [7, 11) is 0. The second-order valence-corrected chi connectivity index (χ2v) is 15.9. The lowest BCUT2D eigenvalue weighted by Crippen LogP contribution is -2.07. The van der Waals surface area contributed by atoms with E-state index >= 15 is 0 Å². The van der Waals surface area contributed by atoms with Crippen molar-refractivity contribution in [2.45, 2.75) is 25.2 Å². The van der Waals surface area contributed by atoms with Gasteiger partial charge in [-0.15, -0.1) is 0 Å². The largest absolute Gasteiger partial charge is 0.0622 e. The van der Waals surface area contributed by atoms with Gasteiger partial charge in [0.05, 0.1) is 0 Å². The average Bonchev–Trinajstić information content (AvgIpc) is 3.95. The molecule has 0 saturated carbocycles. The van der Waals surface area contributed by atoms with Crippen LogP contribution in [0.4, 0.5) is 0 Å². The van der Waals surface area contributed by atoms with Crippen molar-refractivity contribution in [1.82, 2.24) is 0 Å². The Bertz CT molecular complexity index is 3040. The van der Waals surface area contributed by atoms with Crippen LogP contribution in [0.5, 0.6) is 0 Å². The summed E-state index contributed by atoms with van der Waals surface area (Å²) in [5, 5.41) is 2.65. The molecule has 12 rings (SSSR count). The molecule has 0 aliphatic heterocycles. The molecule has 0 amide bonds. The zero-order chi connectivity index (χ0) is 36.7. The maximum Gasteiger partial charge on any atom is 0.0343 e. The Hall–Kier alpha value is -6.76. The van der Waals surface area contributed by atoms with Crippen molar-refractivity contribution in [3.8, 4) is 55.6 Å². The second-order valence-electron chi connectivity index (χ2n) is 15.9. The number of hydrogen-bond acceptors (Lipinski definition) is 0. The molecule has 0 N–H and O–H groups in total. The molecule has 56 heavy (non-hydrogen) atoms. The summed E-state index contributed by atoms with van der Waals surface area (Å²) in [6, 6.07) is 70.9. The van der Waals surface area contributed by atoms with Crippen LogP contribution in [0.15, 0.2) is 188 Å². The highest BCUT2D eigenvalue weighted by Gasteiger charge is 2.31. The molecule has 3 aliphatic carbocycles. The van der Waals surface area contributed by atoms with E-state index in [0.29, 0.717) is 0 Å². The lowest BCUT2D eigenvalue weighted by molar-refractivity contribution is 0.954. The van der Waals surface area contributed by atoms with Gasteiger partial charge in [0.25, 0.3) is 0 Å². The third kappa shape index (κ3) is 4.79. The van der Waals surface area contributed by atoms with Crippen molar-refractivity contribution in [2.24, 2.45) is 0 Å². The first-order chi connectivity index (χ1) is 27.8. The molecule has 3 aliphatic rings. The van der Waals surface area contributed by atoms with Crippen molar-refractivity contribution < 1.29 is 0 Å². The molecule has 0 aromatic heterocycles. The van der Waals surface area contributed by atoms with Crippen LogP contribution in [0.2, 0.25) is 0 Å². The minimum Gasteiger partial charge on any atom is -0.0622 e. The summed E-state index contributed by atoms with van der Waals surface area (Å²) in [6.45, 7) is 0. The minimum absolute atomic E-state index is 0.0919. The van der Waals surface area contributed by atoms with Gasteiger partial charge in [-0.1, -0.05) is 176 Å². The highest BCUT2D eigenvalue weighted by molar-refractivity contribution is 6.06. The van der Waals surface area contributed by atoms with Crippen molar-refractivity contribution in [3.05, 3.63) is 238 Å². The van der Waals surface area contributed by atoms with E-state index in [4.69, 9.17) is 0 Å². The van der Waals surface area contributed by atoms with Gasteiger partial charge in [-0.2, -0.15) is 0 Å². The van der Waals surface area contributed by atoms with E-state index in [9.17, 15) is 0 Å². The molecule has 0 bridgehead atoms. The first-order valence-corrected chi connectivity index (χ1v) is 20.0. The molecule has 1 unspecified atom stereocenters. The number of fused-ring (bicyclic) bond motifs is 10. The Labute approximate surface area is 328 Å². The Kier molecular flexibility index (Phi) is 6.98. The first-order valence-electron chi connectivity index (χ1n) is 20.0. The molecule has 0 fully saturated rings. The second kappa shape index (κ2) is 12.4. The van der Waals surface area contributed by atoms with Crippen molar-refractivity contribution in [2.75, 3.05) is 0 Å². The van der Waals surface area contributed by atoms with Crippen LogP contribution in [0.25, 0.3) is 66.4 Å². The standard InChI is InChI=1S/C56H38/c1-2-12-35(13-3-1)36-24-26-37(27-25-36)55(48-22-10-20-46-43-17-7-4-14-38(43)30-51(46)48)42-29-28-41-33-54-53(50(41)34-42)32-40-16-6-9-19-45(40)56(54)49-23-11-21-47-44-18-8-5-15-39(44)31-52(47)49/h1-29,32,34,55H,30-31,33H2. The molecule has 0 heteroatoms. The third-order valence-electron chi connectivity index (χ3n) is 13.0. The Morgan fingerprint density at radius 2 is 0.893 bits per heavy atom. The van der Waals surface area contributed by atoms with Gasteiger partial charge in [0.1, 0.15) is 0 Å². The topological polar surface area (TPSA) is 0 Å². The van der Waals surface area contributed by atoms with E-state index in [1.165, 1.54) is 116 Å². The van der Waals surface area contributed by atoms with Crippen LogP contribution >= 0.6 is 0 Å². The van der Waals surface area contributed by atoms with Gasteiger partial charge >= 0.3 is 0 Å². The van der Waals surface area contributed by atoms with Gasteiger partial charge in [0.2, 0.25) is 0 Å². The third-order valence-corrected chi connectivity index (χ3v) is 13.0. The van der Waals surface area contributed by atoms with E-state index < -0.39 is 0 Å². The van der Waals surface area contributed by atoms with Crippen LogP contribution in [0.3, 0.4) is 0 Å².